The molecule has 224 valence electrons. The Bertz CT molecular complexity index is 710. The molecule has 0 amide bonds. The van der Waals surface area contributed by atoms with E-state index in [2.05, 4.69) is 27.7 Å². The Morgan fingerprint density at radius 2 is 0.949 bits per heavy atom. The fourth-order valence-corrected chi connectivity index (χ4v) is 7.53. The molecule has 0 heterocycles. The normalized spacial score (nSPS) is 39.6. The molecule has 7 heteroatoms. The Balaban J connectivity index is 1.17. The van der Waals surface area contributed by atoms with E-state index < -0.39 is 11.9 Å². The maximum Gasteiger partial charge on any atom is 0.350 e. The SMILES string of the molecule is CC1CCCCC1COC1CCC(C)C(C(=O)OOOC(=O)C2CC(OCC3CCCCC3C)CCC2C)C1. The summed E-state index contributed by atoms with van der Waals surface area (Å²) < 4.78 is 12.6. The lowest BCUT2D eigenvalue weighted by Crippen LogP contribution is -2.37. The average Bonchev–Trinajstić information content (AvgIpc) is 2.93. The molecule has 4 aliphatic carbocycles. The van der Waals surface area contributed by atoms with Crippen LogP contribution in [0.25, 0.3) is 0 Å². The van der Waals surface area contributed by atoms with Crippen LogP contribution in [0.4, 0.5) is 0 Å². The second-order valence-electron chi connectivity index (χ2n) is 13.6. The van der Waals surface area contributed by atoms with Crippen molar-refractivity contribution in [3.63, 3.8) is 0 Å². The molecule has 0 N–H and O–H groups in total. The van der Waals surface area contributed by atoms with E-state index in [9.17, 15) is 9.59 Å². The highest BCUT2D eigenvalue weighted by molar-refractivity contribution is 5.73. The van der Waals surface area contributed by atoms with Crippen molar-refractivity contribution in [1.29, 1.82) is 0 Å². The highest BCUT2D eigenvalue weighted by atomic mass is 17.5. The van der Waals surface area contributed by atoms with Crippen LogP contribution < -0.4 is 0 Å². The van der Waals surface area contributed by atoms with Gasteiger partial charge in [-0.2, -0.15) is 0 Å². The van der Waals surface area contributed by atoms with Crippen LogP contribution in [0.15, 0.2) is 0 Å². The van der Waals surface area contributed by atoms with Crippen molar-refractivity contribution < 1.29 is 33.9 Å². The van der Waals surface area contributed by atoms with Crippen molar-refractivity contribution in [2.24, 2.45) is 47.3 Å². The molecule has 4 aliphatic rings. The molecule has 0 radical (unpaired) electrons. The molecule has 10 atom stereocenters. The Hall–Kier alpha value is -1.18. The van der Waals surface area contributed by atoms with Gasteiger partial charge in [0, 0.05) is 5.04 Å². The summed E-state index contributed by atoms with van der Waals surface area (Å²) in [6.45, 7) is 10.3. The van der Waals surface area contributed by atoms with Gasteiger partial charge in [-0.25, -0.2) is 9.59 Å². The van der Waals surface area contributed by atoms with Crippen LogP contribution in [0.3, 0.4) is 0 Å². The molecule has 4 fully saturated rings. The zero-order valence-corrected chi connectivity index (χ0v) is 24.9. The summed E-state index contributed by atoms with van der Waals surface area (Å²) in [7, 11) is 0. The van der Waals surface area contributed by atoms with Gasteiger partial charge in [0.15, 0.2) is 0 Å². The number of hydrogen-bond donors (Lipinski definition) is 0. The number of rotatable bonds is 10. The van der Waals surface area contributed by atoms with Crippen LogP contribution in [0.2, 0.25) is 0 Å². The first-order valence-electron chi connectivity index (χ1n) is 16.1. The molecule has 7 nitrogen and oxygen atoms in total. The number of carbonyl (C=O) groups excluding carboxylic acids is 2. The van der Waals surface area contributed by atoms with Crippen LogP contribution in [0.5, 0.6) is 0 Å². The summed E-state index contributed by atoms with van der Waals surface area (Å²) in [5.74, 6) is 1.41. The third-order valence-corrected chi connectivity index (χ3v) is 10.8. The van der Waals surface area contributed by atoms with Gasteiger partial charge in [-0.1, -0.05) is 66.2 Å². The molecule has 0 aromatic rings. The molecular formula is C32H54O7. The standard InChI is InChI=1S/C32H54O7/c1-21-9-5-7-11-25(21)19-35-27-15-13-23(3)29(17-27)31(33)37-39-38-32(34)30-18-28(16-14-24(30)4)36-20-26-12-8-6-10-22(26)2/h21-30H,5-20H2,1-4H3. The van der Waals surface area contributed by atoms with Gasteiger partial charge in [0.25, 0.3) is 0 Å². The zero-order chi connectivity index (χ0) is 27.8. The molecule has 4 rings (SSSR count). The van der Waals surface area contributed by atoms with Gasteiger partial charge in [0.1, 0.15) is 0 Å². The molecule has 0 aliphatic heterocycles. The lowest BCUT2D eigenvalue weighted by atomic mass is 9.78. The molecule has 10 unspecified atom stereocenters. The first-order valence-corrected chi connectivity index (χ1v) is 16.1. The minimum absolute atomic E-state index is 0.0621. The van der Waals surface area contributed by atoms with E-state index in [1.165, 1.54) is 51.4 Å². The van der Waals surface area contributed by atoms with Crippen molar-refractivity contribution in [2.75, 3.05) is 13.2 Å². The van der Waals surface area contributed by atoms with Crippen LogP contribution in [0, 0.1) is 47.3 Å². The van der Waals surface area contributed by atoms with E-state index in [4.69, 9.17) is 24.3 Å². The summed E-state index contributed by atoms with van der Waals surface area (Å²) in [6.07, 6.45) is 15.4. The fraction of sp³-hybridized carbons (Fsp3) is 0.938. The number of hydrogen-bond acceptors (Lipinski definition) is 7. The summed E-state index contributed by atoms with van der Waals surface area (Å²) in [6, 6.07) is 0. The monoisotopic (exact) mass is 550 g/mol. The van der Waals surface area contributed by atoms with Gasteiger partial charge in [-0.3, -0.25) is 9.78 Å². The summed E-state index contributed by atoms with van der Waals surface area (Å²) >= 11 is 0. The second-order valence-corrected chi connectivity index (χ2v) is 13.6. The molecule has 0 aromatic carbocycles. The van der Waals surface area contributed by atoms with Crippen molar-refractivity contribution in [3.8, 4) is 0 Å². The van der Waals surface area contributed by atoms with E-state index in [1.807, 2.05) is 0 Å². The lowest BCUT2D eigenvalue weighted by Gasteiger charge is -2.35. The molecule has 0 saturated heterocycles. The second kappa shape index (κ2) is 15.2. The van der Waals surface area contributed by atoms with Gasteiger partial charge >= 0.3 is 11.9 Å². The first kappa shape index (κ1) is 30.8. The maximum absolute atomic E-state index is 12.8. The van der Waals surface area contributed by atoms with Crippen molar-refractivity contribution >= 4 is 11.9 Å². The minimum Gasteiger partial charge on any atom is -0.378 e. The van der Waals surface area contributed by atoms with E-state index in [0.717, 1.165) is 38.9 Å². The van der Waals surface area contributed by atoms with E-state index in [0.29, 0.717) is 36.5 Å². The quantitative estimate of drug-likeness (QED) is 0.210. The van der Waals surface area contributed by atoms with Gasteiger partial charge in [-0.05, 0) is 86.9 Å². The Kier molecular flexibility index (Phi) is 12.0. The summed E-state index contributed by atoms with van der Waals surface area (Å²) in [5.41, 5.74) is 0. The average molecular weight is 551 g/mol. The van der Waals surface area contributed by atoms with Crippen LogP contribution in [-0.2, 0) is 33.9 Å². The van der Waals surface area contributed by atoms with Gasteiger partial charge < -0.3 is 9.47 Å². The third-order valence-electron chi connectivity index (χ3n) is 10.8. The van der Waals surface area contributed by atoms with E-state index in [-0.39, 0.29) is 35.9 Å². The lowest BCUT2D eigenvalue weighted by molar-refractivity contribution is -0.463. The van der Waals surface area contributed by atoms with Gasteiger partial charge in [-0.15, -0.1) is 0 Å². The fourth-order valence-electron chi connectivity index (χ4n) is 7.53. The van der Waals surface area contributed by atoms with Crippen LogP contribution in [-0.4, -0.2) is 37.4 Å². The molecule has 0 aromatic heterocycles. The highest BCUT2D eigenvalue weighted by Crippen LogP contribution is 2.37. The topological polar surface area (TPSA) is 80.3 Å². The minimum atomic E-state index is -0.478. The Morgan fingerprint density at radius 3 is 1.36 bits per heavy atom. The predicted octanol–water partition coefficient (Wildman–Crippen LogP) is 7.21. The van der Waals surface area contributed by atoms with E-state index >= 15 is 0 Å². The Labute approximate surface area is 236 Å². The smallest absolute Gasteiger partial charge is 0.350 e. The highest BCUT2D eigenvalue weighted by Gasteiger charge is 2.38. The van der Waals surface area contributed by atoms with Crippen LogP contribution >= 0.6 is 0 Å². The van der Waals surface area contributed by atoms with Crippen LogP contribution in [0.1, 0.15) is 118 Å². The third kappa shape index (κ3) is 8.90. The summed E-state index contributed by atoms with van der Waals surface area (Å²) in [4.78, 5) is 35.7. The molecule has 0 bridgehead atoms. The largest absolute Gasteiger partial charge is 0.378 e. The zero-order valence-electron chi connectivity index (χ0n) is 24.9. The number of carbonyl (C=O) groups is 2. The maximum atomic E-state index is 12.8. The molecular weight excluding hydrogens is 496 g/mol. The molecule has 4 saturated carbocycles. The summed E-state index contributed by atoms with van der Waals surface area (Å²) in [5, 5.41) is 4.79. The molecule has 0 spiro atoms. The first-order chi connectivity index (χ1) is 18.8. The van der Waals surface area contributed by atoms with Gasteiger partial charge in [0.05, 0.1) is 37.3 Å². The van der Waals surface area contributed by atoms with E-state index in [1.54, 1.807) is 0 Å². The van der Waals surface area contributed by atoms with Gasteiger partial charge in [0.2, 0.25) is 0 Å². The van der Waals surface area contributed by atoms with Crippen molar-refractivity contribution in [1.82, 2.24) is 0 Å². The predicted molar refractivity (Wildman–Crippen MR) is 148 cm³/mol. The number of ether oxygens (including phenoxy) is 2. The Morgan fingerprint density at radius 1 is 0.538 bits per heavy atom. The van der Waals surface area contributed by atoms with Crippen molar-refractivity contribution in [3.05, 3.63) is 0 Å². The molecule has 39 heavy (non-hydrogen) atoms. The van der Waals surface area contributed by atoms with Crippen molar-refractivity contribution in [2.45, 2.75) is 130 Å².